The first-order valence-electron chi connectivity index (χ1n) is 6.60. The van der Waals surface area contributed by atoms with Crippen LogP contribution in [0.2, 0.25) is 0 Å². The fourth-order valence-electron chi connectivity index (χ4n) is 2.39. The van der Waals surface area contributed by atoms with Crippen molar-refractivity contribution in [1.29, 1.82) is 0 Å². The number of aromatic nitrogens is 4. The van der Waals surface area contributed by atoms with E-state index in [0.717, 1.165) is 11.3 Å². The monoisotopic (exact) mass is 258 g/mol. The molecule has 1 aliphatic heterocycles. The molecular weight excluding hydrogens is 240 g/mol. The number of tetrazole rings is 1. The number of nitrogens with one attached hydrogen (secondary N) is 2. The molecule has 100 valence electrons. The van der Waals surface area contributed by atoms with Crippen LogP contribution in [-0.2, 0) is 0 Å². The summed E-state index contributed by atoms with van der Waals surface area (Å²) in [6.07, 6.45) is 2.40. The van der Waals surface area contributed by atoms with Gasteiger partial charge in [0.1, 0.15) is 0 Å². The summed E-state index contributed by atoms with van der Waals surface area (Å²) in [7, 11) is 2.18. The second-order valence-electron chi connectivity index (χ2n) is 5.03. The number of aromatic amines is 1. The van der Waals surface area contributed by atoms with Crippen molar-refractivity contribution in [3.05, 3.63) is 24.3 Å². The van der Waals surface area contributed by atoms with E-state index in [9.17, 15) is 0 Å². The van der Waals surface area contributed by atoms with Crippen molar-refractivity contribution in [1.82, 2.24) is 25.5 Å². The van der Waals surface area contributed by atoms with Crippen molar-refractivity contribution >= 4 is 5.69 Å². The Morgan fingerprint density at radius 2 is 1.95 bits per heavy atom. The van der Waals surface area contributed by atoms with Crippen LogP contribution in [0.1, 0.15) is 12.8 Å². The molecule has 0 unspecified atom stereocenters. The number of likely N-dealkylation sites (tertiary alicyclic amines) is 1. The maximum atomic E-state index is 3.97. The lowest BCUT2D eigenvalue weighted by molar-refractivity contribution is 0.264. The summed E-state index contributed by atoms with van der Waals surface area (Å²) in [6, 6.07) is 8.76. The van der Waals surface area contributed by atoms with E-state index in [1.807, 2.05) is 12.1 Å². The standard InChI is InChI=1S/C13H18N6/c1-19-8-6-12(7-9-19)14-11-4-2-10(3-5-11)13-15-17-18-16-13/h2-5,12,14H,6-9H2,1H3,(H,15,16,17,18). The van der Waals surface area contributed by atoms with E-state index in [-0.39, 0.29) is 0 Å². The van der Waals surface area contributed by atoms with E-state index in [0.29, 0.717) is 11.9 Å². The number of hydrogen-bond acceptors (Lipinski definition) is 5. The predicted molar refractivity (Wildman–Crippen MR) is 73.8 cm³/mol. The number of anilines is 1. The van der Waals surface area contributed by atoms with E-state index >= 15 is 0 Å². The topological polar surface area (TPSA) is 69.7 Å². The first-order valence-corrected chi connectivity index (χ1v) is 6.60. The summed E-state index contributed by atoms with van der Waals surface area (Å²) in [5.41, 5.74) is 2.13. The largest absolute Gasteiger partial charge is 0.382 e. The zero-order valence-electron chi connectivity index (χ0n) is 11.0. The van der Waals surface area contributed by atoms with E-state index in [4.69, 9.17) is 0 Å². The Kier molecular flexibility index (Phi) is 3.41. The number of H-pyrrole nitrogens is 1. The van der Waals surface area contributed by atoms with Gasteiger partial charge >= 0.3 is 0 Å². The molecule has 3 rings (SSSR count). The van der Waals surface area contributed by atoms with Gasteiger partial charge in [0, 0.05) is 17.3 Å². The maximum Gasteiger partial charge on any atom is 0.204 e. The maximum absolute atomic E-state index is 3.97. The molecule has 2 aromatic rings. The van der Waals surface area contributed by atoms with Gasteiger partial charge in [-0.15, -0.1) is 10.2 Å². The van der Waals surface area contributed by atoms with E-state index < -0.39 is 0 Å². The van der Waals surface area contributed by atoms with Crippen LogP contribution < -0.4 is 5.32 Å². The first kappa shape index (κ1) is 12.1. The highest BCUT2D eigenvalue weighted by Crippen LogP contribution is 2.19. The van der Waals surface area contributed by atoms with Crippen molar-refractivity contribution in [2.45, 2.75) is 18.9 Å². The molecule has 1 aliphatic rings. The van der Waals surface area contributed by atoms with Gasteiger partial charge in [-0.3, -0.25) is 0 Å². The van der Waals surface area contributed by atoms with Crippen molar-refractivity contribution in [2.24, 2.45) is 0 Å². The van der Waals surface area contributed by atoms with E-state index in [2.05, 4.69) is 50.0 Å². The first-order chi connectivity index (χ1) is 9.31. The van der Waals surface area contributed by atoms with Crippen LogP contribution in [0.4, 0.5) is 5.69 Å². The molecule has 0 radical (unpaired) electrons. The number of rotatable bonds is 3. The molecule has 1 aromatic heterocycles. The van der Waals surface area contributed by atoms with Gasteiger partial charge in [-0.1, -0.05) is 0 Å². The molecule has 0 saturated carbocycles. The van der Waals surface area contributed by atoms with Crippen LogP contribution in [-0.4, -0.2) is 51.7 Å². The molecule has 1 aromatic carbocycles. The minimum atomic E-state index is 0.576. The van der Waals surface area contributed by atoms with Gasteiger partial charge in [-0.2, -0.15) is 5.21 Å². The Bertz CT molecular complexity index is 498. The van der Waals surface area contributed by atoms with Gasteiger partial charge in [-0.25, -0.2) is 0 Å². The summed E-state index contributed by atoms with van der Waals surface area (Å²) in [6.45, 7) is 2.33. The Labute approximate surface area is 112 Å². The number of benzene rings is 1. The van der Waals surface area contributed by atoms with E-state index in [1.54, 1.807) is 0 Å². The highest BCUT2D eigenvalue weighted by atomic mass is 15.5. The third-order valence-electron chi connectivity index (χ3n) is 3.58. The number of nitrogens with zero attached hydrogens (tertiary/aromatic N) is 4. The smallest absolute Gasteiger partial charge is 0.204 e. The molecule has 6 heteroatoms. The second-order valence-corrected chi connectivity index (χ2v) is 5.03. The third kappa shape index (κ3) is 2.90. The van der Waals surface area contributed by atoms with Crippen LogP contribution >= 0.6 is 0 Å². The molecule has 0 aliphatic carbocycles. The lowest BCUT2D eigenvalue weighted by Crippen LogP contribution is -2.36. The minimum Gasteiger partial charge on any atom is -0.382 e. The second kappa shape index (κ2) is 5.36. The Morgan fingerprint density at radius 1 is 1.21 bits per heavy atom. The van der Waals surface area contributed by atoms with E-state index in [1.165, 1.54) is 25.9 Å². The van der Waals surface area contributed by atoms with Crippen LogP contribution in [0.3, 0.4) is 0 Å². The zero-order chi connectivity index (χ0) is 13.1. The molecule has 2 N–H and O–H groups in total. The molecule has 1 saturated heterocycles. The highest BCUT2D eigenvalue weighted by Gasteiger charge is 2.16. The average Bonchev–Trinajstić information content (AvgIpc) is 2.96. The quantitative estimate of drug-likeness (QED) is 0.870. The Morgan fingerprint density at radius 3 is 2.58 bits per heavy atom. The number of piperidine rings is 1. The van der Waals surface area contributed by atoms with Crippen molar-refractivity contribution < 1.29 is 0 Å². The van der Waals surface area contributed by atoms with Crippen molar-refractivity contribution in [3.8, 4) is 11.4 Å². The fraction of sp³-hybridized carbons (Fsp3) is 0.462. The lowest BCUT2D eigenvalue weighted by Gasteiger charge is -2.30. The predicted octanol–water partition coefficient (Wildman–Crippen LogP) is 1.37. The molecular formula is C13H18N6. The Hall–Kier alpha value is -1.95. The summed E-state index contributed by atoms with van der Waals surface area (Å²) >= 11 is 0. The van der Waals surface area contributed by atoms with Gasteiger partial charge < -0.3 is 10.2 Å². The average molecular weight is 258 g/mol. The molecule has 0 amide bonds. The molecule has 0 atom stereocenters. The summed E-state index contributed by atoms with van der Waals surface area (Å²) in [4.78, 5) is 2.37. The summed E-state index contributed by atoms with van der Waals surface area (Å²) in [5.74, 6) is 0.630. The molecule has 0 spiro atoms. The van der Waals surface area contributed by atoms with Gasteiger partial charge in [-0.05, 0) is 62.5 Å². The fourth-order valence-corrected chi connectivity index (χ4v) is 2.39. The highest BCUT2D eigenvalue weighted by molar-refractivity contribution is 5.59. The van der Waals surface area contributed by atoms with Crippen LogP contribution in [0.5, 0.6) is 0 Å². The summed E-state index contributed by atoms with van der Waals surface area (Å²) < 4.78 is 0. The number of hydrogen-bond donors (Lipinski definition) is 2. The van der Waals surface area contributed by atoms with Gasteiger partial charge in [0.15, 0.2) is 0 Å². The third-order valence-corrected chi connectivity index (χ3v) is 3.58. The van der Waals surface area contributed by atoms with Crippen LogP contribution in [0, 0.1) is 0 Å². The molecule has 0 bridgehead atoms. The van der Waals surface area contributed by atoms with Crippen LogP contribution in [0.15, 0.2) is 24.3 Å². The van der Waals surface area contributed by atoms with Crippen LogP contribution in [0.25, 0.3) is 11.4 Å². The molecule has 19 heavy (non-hydrogen) atoms. The zero-order valence-corrected chi connectivity index (χ0v) is 11.0. The van der Waals surface area contributed by atoms with Crippen molar-refractivity contribution in [3.63, 3.8) is 0 Å². The lowest BCUT2D eigenvalue weighted by atomic mass is 10.0. The normalized spacial score (nSPS) is 17.5. The Balaban J connectivity index is 1.63. The molecule has 6 nitrogen and oxygen atoms in total. The molecule has 1 fully saturated rings. The van der Waals surface area contributed by atoms with Gasteiger partial charge in [0.2, 0.25) is 5.82 Å². The SMILES string of the molecule is CN1CCC(Nc2ccc(-c3nn[nH]n3)cc2)CC1. The molecule has 2 heterocycles. The van der Waals surface area contributed by atoms with Gasteiger partial charge in [0.05, 0.1) is 0 Å². The van der Waals surface area contributed by atoms with Crippen molar-refractivity contribution in [2.75, 3.05) is 25.5 Å². The summed E-state index contributed by atoms with van der Waals surface area (Å²) in [5, 5.41) is 17.5. The van der Waals surface area contributed by atoms with Gasteiger partial charge in [0.25, 0.3) is 0 Å². The minimum absolute atomic E-state index is 0.576.